The number of aryl methyl sites for hydroxylation is 1. The van der Waals surface area contributed by atoms with E-state index in [2.05, 4.69) is 10.4 Å². The normalized spacial score (nSPS) is 11.0. The number of carbonyl (C=O) groups is 1. The SMILES string of the molecule is Cc1nn(-c2ccccc2)c2sc(C(=O)NCCc3ccc(Cl)cc3)cc12. The molecule has 0 radical (unpaired) electrons. The summed E-state index contributed by atoms with van der Waals surface area (Å²) in [6, 6.07) is 19.6. The summed E-state index contributed by atoms with van der Waals surface area (Å²) in [7, 11) is 0. The molecule has 4 aromatic rings. The molecule has 0 fully saturated rings. The molecule has 2 heterocycles. The number of benzene rings is 2. The van der Waals surface area contributed by atoms with Crippen LogP contribution in [0, 0.1) is 6.92 Å². The first-order valence-corrected chi connectivity index (χ1v) is 9.88. The molecule has 0 aliphatic carbocycles. The number of thiophene rings is 1. The van der Waals surface area contributed by atoms with Gasteiger partial charge in [0.1, 0.15) is 4.83 Å². The molecular formula is C21H18ClN3OS. The maximum Gasteiger partial charge on any atom is 0.261 e. The number of hydrogen-bond donors (Lipinski definition) is 1. The van der Waals surface area contributed by atoms with Gasteiger partial charge < -0.3 is 5.32 Å². The zero-order chi connectivity index (χ0) is 18.8. The molecule has 2 aromatic heterocycles. The summed E-state index contributed by atoms with van der Waals surface area (Å²) >= 11 is 7.37. The number of nitrogens with one attached hydrogen (secondary N) is 1. The molecule has 4 nitrogen and oxygen atoms in total. The van der Waals surface area contributed by atoms with E-state index in [1.807, 2.05) is 72.3 Å². The van der Waals surface area contributed by atoms with Gasteiger partial charge in [0, 0.05) is 17.0 Å². The highest BCUT2D eigenvalue weighted by molar-refractivity contribution is 7.20. The van der Waals surface area contributed by atoms with Crippen molar-refractivity contribution in [3.8, 4) is 5.69 Å². The standard InChI is InChI=1S/C21H18ClN3OS/c1-14-18-13-19(20(26)23-12-11-15-7-9-16(22)10-8-15)27-21(18)25(24-14)17-5-3-2-4-6-17/h2-10,13H,11-12H2,1H3,(H,23,26). The number of amides is 1. The Balaban J connectivity index is 1.50. The number of carbonyl (C=O) groups excluding carboxylic acids is 1. The Bertz CT molecular complexity index is 1080. The molecule has 0 bridgehead atoms. The van der Waals surface area contributed by atoms with Crippen LogP contribution in [0.1, 0.15) is 20.9 Å². The molecule has 2 aromatic carbocycles. The molecule has 0 aliphatic rings. The van der Waals surface area contributed by atoms with Gasteiger partial charge in [0.2, 0.25) is 0 Å². The lowest BCUT2D eigenvalue weighted by molar-refractivity contribution is 0.0958. The van der Waals surface area contributed by atoms with Gasteiger partial charge in [0.05, 0.1) is 16.3 Å². The Morgan fingerprint density at radius 1 is 1.15 bits per heavy atom. The molecule has 1 amide bonds. The van der Waals surface area contributed by atoms with Crippen LogP contribution in [0.4, 0.5) is 0 Å². The van der Waals surface area contributed by atoms with Crippen molar-refractivity contribution in [2.45, 2.75) is 13.3 Å². The van der Waals surface area contributed by atoms with Crippen molar-refractivity contribution >= 4 is 39.1 Å². The van der Waals surface area contributed by atoms with Crippen molar-refractivity contribution in [1.29, 1.82) is 0 Å². The van der Waals surface area contributed by atoms with Gasteiger partial charge in [-0.1, -0.05) is 41.9 Å². The van der Waals surface area contributed by atoms with Gasteiger partial charge >= 0.3 is 0 Å². The van der Waals surface area contributed by atoms with E-state index in [0.717, 1.165) is 38.6 Å². The van der Waals surface area contributed by atoms with Crippen LogP contribution in [-0.4, -0.2) is 22.2 Å². The highest BCUT2D eigenvalue weighted by Gasteiger charge is 2.16. The summed E-state index contributed by atoms with van der Waals surface area (Å²) in [6.07, 6.45) is 0.768. The van der Waals surface area contributed by atoms with Gasteiger partial charge in [-0.3, -0.25) is 4.79 Å². The number of fused-ring (bicyclic) bond motifs is 1. The summed E-state index contributed by atoms with van der Waals surface area (Å²) in [5.74, 6) is -0.0517. The Morgan fingerprint density at radius 2 is 1.89 bits per heavy atom. The molecule has 0 atom stereocenters. The van der Waals surface area contributed by atoms with Crippen LogP contribution in [0.3, 0.4) is 0 Å². The maximum atomic E-state index is 12.6. The second kappa shape index (κ2) is 7.55. The van der Waals surface area contributed by atoms with Crippen LogP contribution < -0.4 is 5.32 Å². The summed E-state index contributed by atoms with van der Waals surface area (Å²) in [6.45, 7) is 2.55. The third-order valence-electron chi connectivity index (χ3n) is 4.38. The van der Waals surface area contributed by atoms with E-state index >= 15 is 0 Å². The number of hydrogen-bond acceptors (Lipinski definition) is 3. The van der Waals surface area contributed by atoms with E-state index in [1.165, 1.54) is 11.3 Å². The molecule has 27 heavy (non-hydrogen) atoms. The molecule has 1 N–H and O–H groups in total. The molecular weight excluding hydrogens is 378 g/mol. The first-order valence-electron chi connectivity index (χ1n) is 8.69. The van der Waals surface area contributed by atoms with Gasteiger partial charge in [-0.05, 0) is 49.2 Å². The topological polar surface area (TPSA) is 46.9 Å². The van der Waals surface area contributed by atoms with Crippen molar-refractivity contribution in [3.05, 3.63) is 81.8 Å². The highest BCUT2D eigenvalue weighted by atomic mass is 35.5. The zero-order valence-electron chi connectivity index (χ0n) is 14.8. The Morgan fingerprint density at radius 3 is 2.63 bits per heavy atom. The minimum Gasteiger partial charge on any atom is -0.351 e. The van der Waals surface area contributed by atoms with Gasteiger partial charge in [0.15, 0.2) is 0 Å². The first-order chi connectivity index (χ1) is 13.1. The quantitative estimate of drug-likeness (QED) is 0.515. The lowest BCUT2D eigenvalue weighted by Gasteiger charge is -2.04. The van der Waals surface area contributed by atoms with E-state index in [0.29, 0.717) is 11.4 Å². The molecule has 0 saturated carbocycles. The Hall–Kier alpha value is -2.63. The van der Waals surface area contributed by atoms with Crippen LogP contribution >= 0.6 is 22.9 Å². The van der Waals surface area contributed by atoms with Crippen LogP contribution in [0.2, 0.25) is 5.02 Å². The second-order valence-electron chi connectivity index (χ2n) is 6.29. The third kappa shape index (κ3) is 3.75. The predicted octanol–water partition coefficient (Wildman–Crippen LogP) is 5.02. The largest absolute Gasteiger partial charge is 0.351 e. The average Bonchev–Trinajstić information content (AvgIpc) is 3.25. The fourth-order valence-electron chi connectivity index (χ4n) is 2.96. The molecule has 4 rings (SSSR count). The Labute approximate surface area is 166 Å². The monoisotopic (exact) mass is 395 g/mol. The van der Waals surface area contributed by atoms with Crippen molar-refractivity contribution in [2.24, 2.45) is 0 Å². The molecule has 0 saturated heterocycles. The van der Waals surface area contributed by atoms with E-state index < -0.39 is 0 Å². The molecule has 0 unspecified atom stereocenters. The number of rotatable bonds is 5. The van der Waals surface area contributed by atoms with Gasteiger partial charge in [-0.15, -0.1) is 11.3 Å². The molecule has 136 valence electrons. The van der Waals surface area contributed by atoms with Crippen molar-refractivity contribution < 1.29 is 4.79 Å². The lowest BCUT2D eigenvalue weighted by atomic mass is 10.1. The van der Waals surface area contributed by atoms with Gasteiger partial charge in [-0.2, -0.15) is 5.10 Å². The summed E-state index contributed by atoms with van der Waals surface area (Å²) < 4.78 is 1.90. The third-order valence-corrected chi connectivity index (χ3v) is 5.74. The van der Waals surface area contributed by atoms with Crippen LogP contribution in [0.25, 0.3) is 15.9 Å². The van der Waals surface area contributed by atoms with Crippen molar-refractivity contribution in [1.82, 2.24) is 15.1 Å². The van der Waals surface area contributed by atoms with Crippen LogP contribution in [0.15, 0.2) is 60.7 Å². The van der Waals surface area contributed by atoms with E-state index in [-0.39, 0.29) is 5.91 Å². The number of aromatic nitrogens is 2. The highest BCUT2D eigenvalue weighted by Crippen LogP contribution is 2.30. The first kappa shape index (κ1) is 17.8. The second-order valence-corrected chi connectivity index (χ2v) is 7.76. The predicted molar refractivity (Wildman–Crippen MR) is 111 cm³/mol. The van der Waals surface area contributed by atoms with E-state index in [9.17, 15) is 4.79 Å². The molecule has 0 aliphatic heterocycles. The summed E-state index contributed by atoms with van der Waals surface area (Å²) in [5, 5.41) is 9.35. The fourth-order valence-corrected chi connectivity index (χ4v) is 4.19. The Kier molecular flexibility index (Phi) is 4.97. The van der Waals surface area contributed by atoms with Gasteiger partial charge in [-0.25, -0.2) is 4.68 Å². The van der Waals surface area contributed by atoms with E-state index in [1.54, 1.807) is 0 Å². The number of para-hydroxylation sites is 1. The fraction of sp³-hybridized carbons (Fsp3) is 0.143. The average molecular weight is 396 g/mol. The summed E-state index contributed by atoms with van der Waals surface area (Å²) in [4.78, 5) is 14.3. The van der Waals surface area contributed by atoms with Gasteiger partial charge in [0.25, 0.3) is 5.91 Å². The van der Waals surface area contributed by atoms with Crippen molar-refractivity contribution in [2.75, 3.05) is 6.54 Å². The summed E-state index contributed by atoms with van der Waals surface area (Å²) in [5.41, 5.74) is 3.06. The van der Waals surface area contributed by atoms with Crippen molar-refractivity contribution in [3.63, 3.8) is 0 Å². The van der Waals surface area contributed by atoms with E-state index in [4.69, 9.17) is 11.6 Å². The number of halogens is 1. The minimum absolute atomic E-state index is 0.0517. The minimum atomic E-state index is -0.0517. The lowest BCUT2D eigenvalue weighted by Crippen LogP contribution is -2.24. The maximum absolute atomic E-state index is 12.6. The molecule has 0 spiro atoms. The smallest absolute Gasteiger partial charge is 0.261 e. The zero-order valence-corrected chi connectivity index (χ0v) is 16.3. The van der Waals surface area contributed by atoms with Crippen LogP contribution in [-0.2, 0) is 6.42 Å². The molecule has 6 heteroatoms. The van der Waals surface area contributed by atoms with Crippen LogP contribution in [0.5, 0.6) is 0 Å². The number of nitrogens with zero attached hydrogens (tertiary/aromatic N) is 2.